The Morgan fingerprint density at radius 2 is 2.23 bits per heavy atom. The Hall–Kier alpha value is -2.04. The number of hydrogen-bond acceptors (Lipinski definition) is 3. The van der Waals surface area contributed by atoms with Crippen molar-refractivity contribution in [2.45, 2.75) is 33.2 Å². The van der Waals surface area contributed by atoms with E-state index in [0.717, 1.165) is 11.3 Å². The van der Waals surface area contributed by atoms with E-state index < -0.39 is 0 Å². The van der Waals surface area contributed by atoms with Gasteiger partial charge in [-0.3, -0.25) is 9.59 Å². The average Bonchev–Trinajstić information content (AvgIpc) is 2.86. The van der Waals surface area contributed by atoms with Crippen LogP contribution in [-0.2, 0) is 9.59 Å². The van der Waals surface area contributed by atoms with E-state index in [4.69, 9.17) is 4.74 Å². The van der Waals surface area contributed by atoms with Gasteiger partial charge in [0.1, 0.15) is 12.4 Å². The lowest BCUT2D eigenvalue weighted by atomic mass is 10.1. The van der Waals surface area contributed by atoms with Gasteiger partial charge in [-0.25, -0.2) is 0 Å². The van der Waals surface area contributed by atoms with Crippen LogP contribution >= 0.6 is 0 Å². The van der Waals surface area contributed by atoms with Crippen molar-refractivity contribution >= 4 is 11.8 Å². The Morgan fingerprint density at radius 3 is 2.86 bits per heavy atom. The summed E-state index contributed by atoms with van der Waals surface area (Å²) in [6, 6.07) is 7.94. The lowest BCUT2D eigenvalue weighted by Crippen LogP contribution is -2.36. The highest BCUT2D eigenvalue weighted by Gasteiger charge is 2.35. The van der Waals surface area contributed by atoms with Gasteiger partial charge in [0.05, 0.1) is 12.5 Å². The van der Waals surface area contributed by atoms with Gasteiger partial charge in [-0.15, -0.1) is 0 Å². The number of ether oxygens (including phenoxy) is 1. The minimum Gasteiger partial charge on any atom is -0.492 e. The van der Waals surface area contributed by atoms with E-state index in [9.17, 15) is 9.59 Å². The van der Waals surface area contributed by atoms with Gasteiger partial charge in [0, 0.05) is 19.0 Å². The fraction of sp³-hybridized carbons (Fsp3) is 0.529. The Kier molecular flexibility index (Phi) is 5.41. The Morgan fingerprint density at radius 1 is 1.45 bits per heavy atom. The van der Waals surface area contributed by atoms with Crippen molar-refractivity contribution in [1.82, 2.24) is 10.2 Å². The van der Waals surface area contributed by atoms with Gasteiger partial charge in [0.15, 0.2) is 0 Å². The van der Waals surface area contributed by atoms with E-state index in [1.54, 1.807) is 4.90 Å². The first-order valence-electron chi connectivity index (χ1n) is 7.74. The number of carbonyl (C=O) groups is 2. The predicted octanol–water partition coefficient (Wildman–Crippen LogP) is 1.75. The molecule has 0 aliphatic carbocycles. The normalized spacial score (nSPS) is 17.9. The Bertz CT molecular complexity index is 542. The van der Waals surface area contributed by atoms with Crippen molar-refractivity contribution in [3.05, 3.63) is 29.8 Å². The predicted molar refractivity (Wildman–Crippen MR) is 84.6 cm³/mol. The molecule has 1 aromatic rings. The number of rotatable bonds is 6. The first kappa shape index (κ1) is 16.3. The molecule has 0 spiro atoms. The van der Waals surface area contributed by atoms with Gasteiger partial charge in [0.2, 0.25) is 11.8 Å². The summed E-state index contributed by atoms with van der Waals surface area (Å²) in [5, 5.41) is 2.85. The van der Waals surface area contributed by atoms with Crippen LogP contribution < -0.4 is 10.1 Å². The molecule has 0 bridgehead atoms. The fourth-order valence-electron chi connectivity index (χ4n) is 2.60. The minimum atomic E-state index is -0.242. The van der Waals surface area contributed by atoms with Gasteiger partial charge < -0.3 is 15.0 Å². The highest BCUT2D eigenvalue weighted by atomic mass is 16.5. The first-order valence-corrected chi connectivity index (χ1v) is 7.74. The number of carbonyl (C=O) groups excluding carboxylic acids is 2. The number of nitrogens with one attached hydrogen (secondary N) is 1. The molecule has 5 nitrogen and oxygen atoms in total. The second-order valence-electron chi connectivity index (χ2n) is 6.00. The van der Waals surface area contributed by atoms with Crippen molar-refractivity contribution in [3.8, 4) is 5.75 Å². The number of aryl methyl sites for hydroxylation is 1. The van der Waals surface area contributed by atoms with Crippen LogP contribution in [0.15, 0.2) is 24.3 Å². The largest absolute Gasteiger partial charge is 0.492 e. The minimum absolute atomic E-state index is 0.0613. The molecule has 5 heteroatoms. The number of likely N-dealkylation sites (tertiary alicyclic amines) is 1. The van der Waals surface area contributed by atoms with E-state index in [1.807, 2.05) is 45.0 Å². The summed E-state index contributed by atoms with van der Waals surface area (Å²) in [5.74, 6) is 0.556. The van der Waals surface area contributed by atoms with Crippen LogP contribution in [-0.4, -0.2) is 42.5 Å². The van der Waals surface area contributed by atoms with Crippen molar-refractivity contribution in [2.75, 3.05) is 19.7 Å². The Balaban J connectivity index is 1.71. The zero-order chi connectivity index (χ0) is 16.1. The molecular weight excluding hydrogens is 280 g/mol. The molecule has 1 unspecified atom stereocenters. The van der Waals surface area contributed by atoms with Crippen LogP contribution in [0, 0.1) is 12.8 Å². The monoisotopic (exact) mass is 304 g/mol. The van der Waals surface area contributed by atoms with E-state index >= 15 is 0 Å². The zero-order valence-electron chi connectivity index (χ0n) is 13.5. The molecule has 1 aliphatic rings. The van der Waals surface area contributed by atoms with Crippen molar-refractivity contribution in [3.63, 3.8) is 0 Å². The van der Waals surface area contributed by atoms with E-state index in [-0.39, 0.29) is 23.8 Å². The molecule has 0 saturated carbocycles. The molecule has 120 valence electrons. The van der Waals surface area contributed by atoms with Crippen LogP contribution in [0.1, 0.15) is 25.8 Å². The maximum absolute atomic E-state index is 12.1. The highest BCUT2D eigenvalue weighted by Crippen LogP contribution is 2.20. The molecule has 0 aromatic heterocycles. The average molecular weight is 304 g/mol. The zero-order valence-corrected chi connectivity index (χ0v) is 13.5. The number of nitrogens with zero attached hydrogens (tertiary/aromatic N) is 1. The number of amides is 2. The van der Waals surface area contributed by atoms with E-state index in [2.05, 4.69) is 5.32 Å². The van der Waals surface area contributed by atoms with Gasteiger partial charge >= 0.3 is 0 Å². The SMILES string of the molecule is Cc1cccc(OCCNC(=O)C2CC(=O)N(C(C)C)C2)c1. The van der Waals surface area contributed by atoms with Crippen LogP contribution in [0.3, 0.4) is 0 Å². The first-order chi connectivity index (χ1) is 10.5. The van der Waals surface area contributed by atoms with Gasteiger partial charge in [-0.05, 0) is 38.5 Å². The second kappa shape index (κ2) is 7.29. The third kappa shape index (κ3) is 4.23. The van der Waals surface area contributed by atoms with Crippen molar-refractivity contribution in [1.29, 1.82) is 0 Å². The summed E-state index contributed by atoms with van der Waals surface area (Å²) in [4.78, 5) is 25.6. The molecule has 22 heavy (non-hydrogen) atoms. The highest BCUT2D eigenvalue weighted by molar-refractivity contribution is 5.89. The summed E-state index contributed by atoms with van der Waals surface area (Å²) < 4.78 is 5.59. The maximum Gasteiger partial charge on any atom is 0.225 e. The van der Waals surface area contributed by atoms with Gasteiger partial charge in [0.25, 0.3) is 0 Å². The molecule has 1 aromatic carbocycles. The third-order valence-corrected chi connectivity index (χ3v) is 3.81. The summed E-state index contributed by atoms with van der Waals surface area (Å²) in [6.07, 6.45) is 0.308. The van der Waals surface area contributed by atoms with Crippen LogP contribution in [0.4, 0.5) is 0 Å². The summed E-state index contributed by atoms with van der Waals surface area (Å²) in [6.45, 7) is 7.32. The Labute approximate surface area is 131 Å². The maximum atomic E-state index is 12.1. The molecule has 1 heterocycles. The molecule has 1 aliphatic heterocycles. The lowest BCUT2D eigenvalue weighted by molar-refractivity contribution is -0.129. The molecule has 0 radical (unpaired) electrons. The van der Waals surface area contributed by atoms with Crippen LogP contribution in [0.5, 0.6) is 5.75 Å². The number of hydrogen-bond donors (Lipinski definition) is 1. The molecule has 1 N–H and O–H groups in total. The van der Waals surface area contributed by atoms with E-state index in [0.29, 0.717) is 26.1 Å². The lowest BCUT2D eigenvalue weighted by Gasteiger charge is -2.20. The molecular formula is C17H24N2O3. The van der Waals surface area contributed by atoms with Gasteiger partial charge in [-0.1, -0.05) is 12.1 Å². The van der Waals surface area contributed by atoms with Gasteiger partial charge in [-0.2, -0.15) is 0 Å². The summed E-state index contributed by atoms with van der Waals surface area (Å²) in [5.41, 5.74) is 1.14. The topological polar surface area (TPSA) is 58.6 Å². The van der Waals surface area contributed by atoms with Crippen molar-refractivity contribution in [2.24, 2.45) is 5.92 Å². The fourth-order valence-corrected chi connectivity index (χ4v) is 2.60. The van der Waals surface area contributed by atoms with E-state index in [1.165, 1.54) is 0 Å². The van der Waals surface area contributed by atoms with Crippen molar-refractivity contribution < 1.29 is 14.3 Å². The van der Waals surface area contributed by atoms with Crippen LogP contribution in [0.2, 0.25) is 0 Å². The van der Waals surface area contributed by atoms with Crippen LogP contribution in [0.25, 0.3) is 0 Å². The summed E-state index contributed by atoms with van der Waals surface area (Å²) >= 11 is 0. The molecule has 1 atom stereocenters. The standard InChI is InChI=1S/C17H24N2O3/c1-12(2)19-11-14(10-16(19)20)17(21)18-7-8-22-15-6-4-5-13(3)9-15/h4-6,9,12,14H,7-8,10-11H2,1-3H3,(H,18,21). The third-order valence-electron chi connectivity index (χ3n) is 3.81. The number of benzene rings is 1. The molecule has 1 fully saturated rings. The molecule has 2 amide bonds. The molecule has 1 saturated heterocycles. The quantitative estimate of drug-likeness (QED) is 0.815. The molecule has 2 rings (SSSR count). The second-order valence-corrected chi connectivity index (χ2v) is 6.00. The smallest absolute Gasteiger partial charge is 0.225 e. The summed E-state index contributed by atoms with van der Waals surface area (Å²) in [7, 11) is 0.